The fourth-order valence-electron chi connectivity index (χ4n) is 2.80. The van der Waals surface area contributed by atoms with Crippen LogP contribution in [0.4, 0.5) is 0 Å². The zero-order valence-corrected chi connectivity index (χ0v) is 10.9. The van der Waals surface area contributed by atoms with Crippen LogP contribution in [0.5, 0.6) is 0 Å². The smallest absolute Gasteiger partial charge is 0.159 e. The highest BCUT2D eigenvalue weighted by Gasteiger charge is 2.30. The Morgan fingerprint density at radius 2 is 1.53 bits per heavy atom. The highest BCUT2D eigenvalue weighted by Crippen LogP contribution is 2.37. The van der Waals surface area contributed by atoms with Crippen molar-refractivity contribution in [2.75, 3.05) is 0 Å². The largest absolute Gasteiger partial charge is 0.385 e. The molecule has 3 rings (SSSR count). The normalized spacial score (nSPS) is 18.2. The third-order valence-corrected chi connectivity index (χ3v) is 3.93. The van der Waals surface area contributed by atoms with Crippen LogP contribution in [-0.2, 0) is 5.60 Å². The maximum Gasteiger partial charge on any atom is 0.159 e. The summed E-state index contributed by atoms with van der Waals surface area (Å²) in [5, 5.41) is 10.7. The monoisotopic (exact) mass is 254 g/mol. The molecule has 1 N–H and O–H groups in total. The summed E-state index contributed by atoms with van der Waals surface area (Å²) >= 11 is 0. The van der Waals surface area contributed by atoms with Gasteiger partial charge < -0.3 is 5.11 Å². The van der Waals surface area contributed by atoms with Gasteiger partial charge in [0.05, 0.1) is 5.60 Å². The number of hydrogen-bond acceptors (Lipinski definition) is 3. The van der Waals surface area contributed by atoms with Crippen LogP contribution in [0.25, 0.3) is 11.4 Å². The molecule has 0 unspecified atom stereocenters. The van der Waals surface area contributed by atoms with E-state index in [1.54, 1.807) is 12.4 Å². The molecule has 1 aromatic carbocycles. The van der Waals surface area contributed by atoms with Gasteiger partial charge in [-0.05, 0) is 24.5 Å². The second-order valence-corrected chi connectivity index (χ2v) is 5.24. The van der Waals surface area contributed by atoms with E-state index in [4.69, 9.17) is 0 Å². The van der Waals surface area contributed by atoms with Crippen molar-refractivity contribution < 1.29 is 5.11 Å². The number of aromatic nitrogens is 2. The lowest BCUT2D eigenvalue weighted by Gasteiger charge is -2.32. The average Bonchev–Trinajstić information content (AvgIpc) is 2.49. The maximum absolute atomic E-state index is 10.7. The summed E-state index contributed by atoms with van der Waals surface area (Å²) in [6.45, 7) is 0. The van der Waals surface area contributed by atoms with Gasteiger partial charge in [0.15, 0.2) is 5.82 Å². The van der Waals surface area contributed by atoms with E-state index < -0.39 is 5.60 Å². The lowest BCUT2D eigenvalue weighted by molar-refractivity contribution is -0.000613. The van der Waals surface area contributed by atoms with E-state index in [2.05, 4.69) is 9.97 Å². The molecule has 3 nitrogen and oxygen atoms in total. The molecular weight excluding hydrogens is 236 g/mol. The maximum atomic E-state index is 10.7. The standard InChI is InChI=1S/C16H18N2O/c19-16(9-2-1-3-10-16)14-7-5-13(6-8-14)15-17-11-4-12-18-15/h4-8,11-12,19H,1-3,9-10H2. The minimum absolute atomic E-state index is 0.631. The summed E-state index contributed by atoms with van der Waals surface area (Å²) in [6, 6.07) is 9.82. The highest BCUT2D eigenvalue weighted by atomic mass is 16.3. The van der Waals surface area contributed by atoms with Crippen LogP contribution in [0.3, 0.4) is 0 Å². The SMILES string of the molecule is OC1(c2ccc(-c3ncccn3)cc2)CCCCC1. The van der Waals surface area contributed by atoms with E-state index in [1.807, 2.05) is 30.3 Å². The first-order valence-electron chi connectivity index (χ1n) is 6.88. The van der Waals surface area contributed by atoms with Gasteiger partial charge in [-0.2, -0.15) is 0 Å². The van der Waals surface area contributed by atoms with E-state index in [9.17, 15) is 5.11 Å². The number of rotatable bonds is 2. The van der Waals surface area contributed by atoms with E-state index in [1.165, 1.54) is 6.42 Å². The van der Waals surface area contributed by atoms with Crippen LogP contribution in [0, 0.1) is 0 Å². The van der Waals surface area contributed by atoms with Crippen LogP contribution < -0.4 is 0 Å². The van der Waals surface area contributed by atoms with Crippen molar-refractivity contribution in [2.45, 2.75) is 37.7 Å². The molecule has 0 amide bonds. The number of nitrogens with zero attached hydrogens (tertiary/aromatic N) is 2. The van der Waals surface area contributed by atoms with Gasteiger partial charge in [-0.15, -0.1) is 0 Å². The lowest BCUT2D eigenvalue weighted by atomic mass is 9.79. The Balaban J connectivity index is 1.87. The third-order valence-electron chi connectivity index (χ3n) is 3.93. The van der Waals surface area contributed by atoms with Crippen LogP contribution in [-0.4, -0.2) is 15.1 Å². The molecule has 1 heterocycles. The Morgan fingerprint density at radius 3 is 2.16 bits per heavy atom. The summed E-state index contributed by atoms with van der Waals surface area (Å²) in [5.41, 5.74) is 1.38. The third kappa shape index (κ3) is 2.51. The number of aliphatic hydroxyl groups is 1. The molecule has 0 saturated heterocycles. The Morgan fingerprint density at radius 1 is 0.895 bits per heavy atom. The first kappa shape index (κ1) is 12.3. The molecule has 1 aliphatic carbocycles. The van der Waals surface area contributed by atoms with E-state index in [0.717, 1.165) is 42.6 Å². The predicted molar refractivity (Wildman–Crippen MR) is 74.4 cm³/mol. The Labute approximate surface area is 113 Å². The van der Waals surface area contributed by atoms with E-state index in [0.29, 0.717) is 0 Å². The van der Waals surface area contributed by atoms with Crippen molar-refractivity contribution in [1.82, 2.24) is 9.97 Å². The second-order valence-electron chi connectivity index (χ2n) is 5.24. The molecular formula is C16H18N2O. The first-order valence-corrected chi connectivity index (χ1v) is 6.88. The van der Waals surface area contributed by atoms with Gasteiger partial charge in [-0.25, -0.2) is 9.97 Å². The van der Waals surface area contributed by atoms with E-state index >= 15 is 0 Å². The molecule has 1 aromatic heterocycles. The van der Waals surface area contributed by atoms with Crippen LogP contribution in [0.2, 0.25) is 0 Å². The zero-order valence-electron chi connectivity index (χ0n) is 10.9. The molecule has 1 aliphatic rings. The van der Waals surface area contributed by atoms with Crippen molar-refractivity contribution in [3.05, 3.63) is 48.3 Å². The Kier molecular flexibility index (Phi) is 3.30. The van der Waals surface area contributed by atoms with Gasteiger partial charge in [-0.1, -0.05) is 43.5 Å². The quantitative estimate of drug-likeness (QED) is 0.894. The summed E-state index contributed by atoms with van der Waals surface area (Å²) in [4.78, 5) is 8.47. The van der Waals surface area contributed by atoms with Crippen molar-refractivity contribution in [3.63, 3.8) is 0 Å². The van der Waals surface area contributed by atoms with Crippen LogP contribution in [0.15, 0.2) is 42.7 Å². The molecule has 0 bridgehead atoms. The molecule has 0 atom stereocenters. The topological polar surface area (TPSA) is 46.0 Å². The minimum Gasteiger partial charge on any atom is -0.385 e. The van der Waals surface area contributed by atoms with Gasteiger partial charge in [-0.3, -0.25) is 0 Å². The Hall–Kier alpha value is -1.74. The van der Waals surface area contributed by atoms with Crippen molar-refractivity contribution >= 4 is 0 Å². The molecule has 0 spiro atoms. The molecule has 19 heavy (non-hydrogen) atoms. The molecule has 3 heteroatoms. The first-order chi connectivity index (χ1) is 9.28. The molecule has 0 aliphatic heterocycles. The summed E-state index contributed by atoms with van der Waals surface area (Å²) in [6.07, 6.45) is 8.68. The average molecular weight is 254 g/mol. The zero-order chi connectivity index (χ0) is 13.1. The second kappa shape index (κ2) is 5.10. The molecule has 98 valence electrons. The number of benzene rings is 1. The minimum atomic E-state index is -0.631. The molecule has 2 aromatic rings. The predicted octanol–water partition coefficient (Wildman–Crippen LogP) is 3.30. The summed E-state index contributed by atoms with van der Waals surface area (Å²) in [7, 11) is 0. The van der Waals surface area contributed by atoms with Crippen molar-refractivity contribution in [1.29, 1.82) is 0 Å². The van der Waals surface area contributed by atoms with Gasteiger partial charge in [0.25, 0.3) is 0 Å². The Bertz CT molecular complexity index is 530. The molecule has 0 radical (unpaired) electrons. The lowest BCUT2D eigenvalue weighted by Crippen LogP contribution is -2.28. The van der Waals surface area contributed by atoms with Gasteiger partial charge in [0, 0.05) is 18.0 Å². The van der Waals surface area contributed by atoms with Crippen LogP contribution >= 0.6 is 0 Å². The summed E-state index contributed by atoms with van der Waals surface area (Å²) in [5.74, 6) is 0.727. The van der Waals surface area contributed by atoms with Gasteiger partial charge in [0.2, 0.25) is 0 Å². The van der Waals surface area contributed by atoms with Gasteiger partial charge >= 0.3 is 0 Å². The summed E-state index contributed by atoms with van der Waals surface area (Å²) < 4.78 is 0. The van der Waals surface area contributed by atoms with Crippen LogP contribution in [0.1, 0.15) is 37.7 Å². The van der Waals surface area contributed by atoms with Crippen molar-refractivity contribution in [3.8, 4) is 11.4 Å². The fraction of sp³-hybridized carbons (Fsp3) is 0.375. The highest BCUT2D eigenvalue weighted by molar-refractivity contribution is 5.55. The van der Waals surface area contributed by atoms with E-state index in [-0.39, 0.29) is 0 Å². The molecule has 1 saturated carbocycles. The van der Waals surface area contributed by atoms with Crippen molar-refractivity contribution in [2.24, 2.45) is 0 Å². The fourth-order valence-corrected chi connectivity index (χ4v) is 2.80. The molecule has 1 fully saturated rings. The number of hydrogen-bond donors (Lipinski definition) is 1. The van der Waals surface area contributed by atoms with Gasteiger partial charge in [0.1, 0.15) is 0 Å².